The number of hydrogen-bond acceptors (Lipinski definition) is 1. The van der Waals surface area contributed by atoms with Crippen molar-refractivity contribution in [2.24, 2.45) is 0 Å². The van der Waals surface area contributed by atoms with Gasteiger partial charge in [0.25, 0.3) is 0 Å². The molecule has 2 heteroatoms. The Morgan fingerprint density at radius 1 is 1.88 bits per heavy atom. The van der Waals surface area contributed by atoms with E-state index in [1.54, 1.807) is 6.92 Å². The summed E-state index contributed by atoms with van der Waals surface area (Å²) in [5.74, 6) is 0. The minimum Gasteiger partial charge on any atom is -0.389 e. The molecule has 0 aromatic carbocycles. The van der Waals surface area contributed by atoms with Crippen molar-refractivity contribution in [3.63, 3.8) is 0 Å². The van der Waals surface area contributed by atoms with Gasteiger partial charge in [-0.05, 0) is 13.0 Å². The van der Waals surface area contributed by atoms with Crippen LogP contribution in [0, 0.1) is 0 Å². The number of allylic oxidation sites excluding steroid dienone is 2. The molecule has 0 rings (SSSR count). The van der Waals surface area contributed by atoms with Crippen molar-refractivity contribution in [3.05, 3.63) is 23.8 Å². The Balaban J connectivity index is 3.74. The Kier molecular flexibility index (Phi) is 3.57. The lowest BCUT2D eigenvalue weighted by molar-refractivity contribution is 0.244. The van der Waals surface area contributed by atoms with Crippen LogP contribution in [0.5, 0.6) is 0 Å². The van der Waals surface area contributed by atoms with Gasteiger partial charge in [-0.15, -0.1) is 0 Å². The van der Waals surface area contributed by atoms with Crippen LogP contribution in [0.25, 0.3) is 0 Å². The molecular weight excluding hydrogens is 124 g/mol. The maximum atomic E-state index is 8.65. The van der Waals surface area contributed by atoms with Gasteiger partial charge in [-0.3, -0.25) is 0 Å². The molecule has 0 saturated carbocycles. The molecule has 0 radical (unpaired) electrons. The van der Waals surface area contributed by atoms with Crippen LogP contribution in [0.15, 0.2) is 23.8 Å². The van der Waals surface area contributed by atoms with Gasteiger partial charge < -0.3 is 5.11 Å². The molecule has 1 N–H and O–H groups in total. The maximum Gasteiger partial charge on any atom is 0.0710 e. The van der Waals surface area contributed by atoms with Crippen LogP contribution >= 0.6 is 11.6 Å². The van der Waals surface area contributed by atoms with E-state index in [1.165, 1.54) is 12.2 Å². The second-order valence-electron chi connectivity index (χ2n) is 1.50. The molecule has 0 fully saturated rings. The third kappa shape index (κ3) is 3.90. The van der Waals surface area contributed by atoms with Crippen molar-refractivity contribution in [1.82, 2.24) is 0 Å². The summed E-state index contributed by atoms with van der Waals surface area (Å²) in [6.07, 6.45) is 2.50. The van der Waals surface area contributed by atoms with E-state index in [2.05, 4.69) is 6.58 Å². The molecule has 46 valence electrons. The molecule has 0 aliphatic rings. The fourth-order valence-electron chi connectivity index (χ4n) is 0.298. The van der Waals surface area contributed by atoms with Crippen LogP contribution in [0.2, 0.25) is 0 Å². The Morgan fingerprint density at radius 2 is 2.38 bits per heavy atom. The van der Waals surface area contributed by atoms with E-state index in [0.717, 1.165) is 0 Å². The zero-order valence-electron chi connectivity index (χ0n) is 4.76. The van der Waals surface area contributed by atoms with Crippen molar-refractivity contribution < 1.29 is 5.11 Å². The fourth-order valence-corrected chi connectivity index (χ4v) is 0.481. The van der Waals surface area contributed by atoms with Gasteiger partial charge >= 0.3 is 0 Å². The van der Waals surface area contributed by atoms with E-state index in [4.69, 9.17) is 16.7 Å². The van der Waals surface area contributed by atoms with Gasteiger partial charge in [-0.25, -0.2) is 0 Å². The lowest BCUT2D eigenvalue weighted by atomic mass is 10.3. The van der Waals surface area contributed by atoms with Crippen LogP contribution in [-0.2, 0) is 0 Å². The molecule has 0 spiro atoms. The average molecular weight is 133 g/mol. The number of hydrogen-bond donors (Lipinski definition) is 1. The molecule has 0 heterocycles. The van der Waals surface area contributed by atoms with E-state index in [9.17, 15) is 0 Å². The summed E-state index contributed by atoms with van der Waals surface area (Å²) in [4.78, 5) is 0. The van der Waals surface area contributed by atoms with Crippen LogP contribution in [0.3, 0.4) is 0 Å². The topological polar surface area (TPSA) is 20.2 Å². The molecule has 0 saturated heterocycles. The molecule has 0 aliphatic heterocycles. The standard InChI is InChI=1S/C6H9ClO/c1-3-6(7)4-5(2)8/h3-5,8H,1H2,2H3/b6-4+. The van der Waals surface area contributed by atoms with Crippen LogP contribution < -0.4 is 0 Å². The van der Waals surface area contributed by atoms with Crippen molar-refractivity contribution in [1.29, 1.82) is 0 Å². The zero-order valence-corrected chi connectivity index (χ0v) is 5.52. The van der Waals surface area contributed by atoms with E-state index >= 15 is 0 Å². The molecule has 0 aliphatic carbocycles. The third-order valence-electron chi connectivity index (χ3n) is 0.595. The Hall–Kier alpha value is -0.270. The number of aliphatic hydroxyl groups excluding tert-OH is 1. The number of rotatable bonds is 2. The Morgan fingerprint density at radius 3 is 2.50 bits per heavy atom. The third-order valence-corrected chi connectivity index (χ3v) is 0.876. The summed E-state index contributed by atoms with van der Waals surface area (Å²) >= 11 is 5.44. The summed E-state index contributed by atoms with van der Waals surface area (Å²) in [5.41, 5.74) is 0. The molecule has 1 unspecified atom stereocenters. The largest absolute Gasteiger partial charge is 0.389 e. The second kappa shape index (κ2) is 3.70. The van der Waals surface area contributed by atoms with Crippen molar-refractivity contribution >= 4 is 11.6 Å². The van der Waals surface area contributed by atoms with Gasteiger partial charge in [-0.1, -0.05) is 24.3 Å². The van der Waals surface area contributed by atoms with Crippen molar-refractivity contribution in [2.75, 3.05) is 0 Å². The molecule has 1 nitrogen and oxygen atoms in total. The van der Waals surface area contributed by atoms with Gasteiger partial charge in [0.15, 0.2) is 0 Å². The van der Waals surface area contributed by atoms with Gasteiger partial charge in [0, 0.05) is 5.03 Å². The summed E-state index contributed by atoms with van der Waals surface area (Å²) in [6.45, 7) is 5.03. The lowest BCUT2D eigenvalue weighted by Gasteiger charge is -1.92. The van der Waals surface area contributed by atoms with E-state index < -0.39 is 6.10 Å². The minimum atomic E-state index is -0.486. The highest BCUT2D eigenvalue weighted by molar-refractivity contribution is 6.31. The average Bonchev–Trinajstić information content (AvgIpc) is 1.65. The maximum absolute atomic E-state index is 8.65. The quantitative estimate of drug-likeness (QED) is 0.567. The predicted octanol–water partition coefficient (Wildman–Crippen LogP) is 1.68. The van der Waals surface area contributed by atoms with Gasteiger partial charge in [0.05, 0.1) is 6.10 Å². The molecule has 0 aromatic rings. The van der Waals surface area contributed by atoms with E-state index in [1.807, 2.05) is 0 Å². The molecule has 8 heavy (non-hydrogen) atoms. The predicted molar refractivity (Wildman–Crippen MR) is 35.8 cm³/mol. The van der Waals surface area contributed by atoms with E-state index in [0.29, 0.717) is 5.03 Å². The first kappa shape index (κ1) is 7.73. The molecule has 0 bridgehead atoms. The highest BCUT2D eigenvalue weighted by Crippen LogP contribution is 2.02. The molecule has 0 amide bonds. The van der Waals surface area contributed by atoms with Gasteiger partial charge in [0.1, 0.15) is 0 Å². The zero-order chi connectivity index (χ0) is 6.57. The monoisotopic (exact) mass is 132 g/mol. The first-order chi connectivity index (χ1) is 3.66. The number of halogens is 1. The van der Waals surface area contributed by atoms with Crippen LogP contribution in [0.4, 0.5) is 0 Å². The summed E-state index contributed by atoms with van der Waals surface area (Å²) < 4.78 is 0. The summed E-state index contributed by atoms with van der Waals surface area (Å²) in [6, 6.07) is 0. The first-order valence-electron chi connectivity index (χ1n) is 2.34. The van der Waals surface area contributed by atoms with Crippen molar-refractivity contribution in [3.8, 4) is 0 Å². The molecule has 1 atom stereocenters. The SMILES string of the molecule is C=C/C(Cl)=C\C(C)O. The number of aliphatic hydroxyl groups is 1. The van der Waals surface area contributed by atoms with Gasteiger partial charge in [0.2, 0.25) is 0 Å². The second-order valence-corrected chi connectivity index (χ2v) is 1.93. The first-order valence-corrected chi connectivity index (χ1v) is 2.72. The Bertz CT molecular complexity index is 105. The summed E-state index contributed by atoms with van der Waals surface area (Å²) in [7, 11) is 0. The normalized spacial score (nSPS) is 15.6. The van der Waals surface area contributed by atoms with Crippen LogP contribution in [-0.4, -0.2) is 11.2 Å². The molecule has 0 aromatic heterocycles. The molecular formula is C6H9ClO. The van der Waals surface area contributed by atoms with Gasteiger partial charge in [-0.2, -0.15) is 0 Å². The van der Waals surface area contributed by atoms with Crippen molar-refractivity contribution in [2.45, 2.75) is 13.0 Å². The highest BCUT2D eigenvalue weighted by atomic mass is 35.5. The highest BCUT2D eigenvalue weighted by Gasteiger charge is 1.87. The summed E-state index contributed by atoms with van der Waals surface area (Å²) in [5, 5.41) is 9.13. The minimum absolute atomic E-state index is 0.486. The lowest BCUT2D eigenvalue weighted by Crippen LogP contribution is -1.92. The fraction of sp³-hybridized carbons (Fsp3) is 0.333. The smallest absolute Gasteiger partial charge is 0.0710 e. The van der Waals surface area contributed by atoms with Crippen LogP contribution in [0.1, 0.15) is 6.92 Å². The van der Waals surface area contributed by atoms with E-state index in [-0.39, 0.29) is 0 Å². The Labute approximate surface area is 54.3 Å².